The van der Waals surface area contributed by atoms with Gasteiger partial charge in [-0.1, -0.05) is 19.1 Å². The highest BCUT2D eigenvalue weighted by Crippen LogP contribution is 2.26. The third kappa shape index (κ3) is 5.57. The van der Waals surface area contributed by atoms with Gasteiger partial charge in [0, 0.05) is 5.69 Å². The number of amides is 1. The van der Waals surface area contributed by atoms with E-state index in [0.717, 1.165) is 21.7 Å². The van der Waals surface area contributed by atoms with E-state index in [2.05, 4.69) is 10.1 Å². The van der Waals surface area contributed by atoms with Gasteiger partial charge in [-0.15, -0.1) is 0 Å². The van der Waals surface area contributed by atoms with Gasteiger partial charge < -0.3 is 10.1 Å². The van der Waals surface area contributed by atoms with Crippen LogP contribution in [-0.4, -0.2) is 39.7 Å². The van der Waals surface area contributed by atoms with Crippen molar-refractivity contribution in [2.75, 3.05) is 23.0 Å². The summed E-state index contributed by atoms with van der Waals surface area (Å²) < 4.78 is 31.0. The third-order valence-electron chi connectivity index (χ3n) is 4.34. The largest absolute Gasteiger partial charge is 0.465 e. The molecule has 1 atom stereocenters. The molecule has 0 fully saturated rings. The summed E-state index contributed by atoms with van der Waals surface area (Å²) in [6, 6.07) is 10.7. The van der Waals surface area contributed by atoms with E-state index in [4.69, 9.17) is 0 Å². The Balaban J connectivity index is 2.40. The fraction of sp³-hybridized carbons (Fsp3) is 0.333. The van der Waals surface area contributed by atoms with Crippen LogP contribution in [0.25, 0.3) is 0 Å². The Morgan fingerprint density at radius 3 is 2.24 bits per heavy atom. The normalized spacial score (nSPS) is 12.2. The molecule has 29 heavy (non-hydrogen) atoms. The van der Waals surface area contributed by atoms with E-state index in [0.29, 0.717) is 11.4 Å². The second kappa shape index (κ2) is 9.09. The van der Waals surface area contributed by atoms with Gasteiger partial charge in [-0.25, -0.2) is 13.2 Å². The van der Waals surface area contributed by atoms with Gasteiger partial charge in [-0.3, -0.25) is 9.10 Å². The topological polar surface area (TPSA) is 92.8 Å². The van der Waals surface area contributed by atoms with Crippen LogP contribution in [-0.2, 0) is 19.6 Å². The number of sulfonamides is 1. The molecule has 2 aromatic rings. The lowest BCUT2D eigenvalue weighted by atomic mass is 10.1. The van der Waals surface area contributed by atoms with E-state index in [-0.39, 0.29) is 12.0 Å². The van der Waals surface area contributed by atoms with Crippen LogP contribution in [0.4, 0.5) is 11.4 Å². The Hall–Kier alpha value is -2.87. The Morgan fingerprint density at radius 1 is 1.10 bits per heavy atom. The van der Waals surface area contributed by atoms with E-state index < -0.39 is 27.9 Å². The standard InChI is InChI=1S/C21H26N2O5S/c1-6-19(20(24)22-17-9-7-8-16(13-17)21(25)28-4)23(29(5,26)27)18-11-14(2)10-15(3)12-18/h7-13,19H,6H2,1-5H3,(H,22,24)/t19-/m0/s1. The van der Waals surface area contributed by atoms with Crippen molar-refractivity contribution in [1.82, 2.24) is 0 Å². The molecule has 1 N–H and O–H groups in total. The van der Waals surface area contributed by atoms with Gasteiger partial charge in [0.1, 0.15) is 6.04 Å². The average Bonchev–Trinajstić information content (AvgIpc) is 2.63. The maximum atomic E-state index is 13.0. The van der Waals surface area contributed by atoms with Gasteiger partial charge in [-0.05, 0) is 61.7 Å². The van der Waals surface area contributed by atoms with Crippen molar-refractivity contribution in [2.24, 2.45) is 0 Å². The molecule has 2 aromatic carbocycles. The van der Waals surface area contributed by atoms with Crippen LogP contribution in [0, 0.1) is 13.8 Å². The number of esters is 1. The lowest BCUT2D eigenvalue weighted by molar-refractivity contribution is -0.117. The number of rotatable bonds is 7. The fourth-order valence-corrected chi connectivity index (χ4v) is 4.40. The van der Waals surface area contributed by atoms with Gasteiger partial charge in [0.15, 0.2) is 0 Å². The molecule has 2 rings (SSSR count). The highest BCUT2D eigenvalue weighted by Gasteiger charge is 2.31. The van der Waals surface area contributed by atoms with Crippen molar-refractivity contribution < 1.29 is 22.7 Å². The molecule has 8 heteroatoms. The zero-order valence-corrected chi connectivity index (χ0v) is 18.0. The molecule has 0 radical (unpaired) electrons. The van der Waals surface area contributed by atoms with Gasteiger partial charge in [-0.2, -0.15) is 0 Å². The summed E-state index contributed by atoms with van der Waals surface area (Å²) in [5.41, 5.74) is 2.90. The fourth-order valence-electron chi connectivity index (χ4n) is 3.21. The first-order valence-electron chi connectivity index (χ1n) is 9.13. The van der Waals surface area contributed by atoms with Crippen molar-refractivity contribution >= 4 is 33.3 Å². The summed E-state index contributed by atoms with van der Waals surface area (Å²) in [5, 5.41) is 2.71. The second-order valence-electron chi connectivity index (χ2n) is 6.89. The molecule has 0 bridgehead atoms. The minimum absolute atomic E-state index is 0.266. The lowest BCUT2D eigenvalue weighted by Gasteiger charge is -2.30. The van der Waals surface area contributed by atoms with Crippen molar-refractivity contribution in [1.29, 1.82) is 0 Å². The van der Waals surface area contributed by atoms with Crippen LogP contribution in [0.2, 0.25) is 0 Å². The zero-order chi connectivity index (χ0) is 21.8. The molecule has 0 heterocycles. The highest BCUT2D eigenvalue weighted by atomic mass is 32.2. The van der Waals surface area contributed by atoms with Crippen LogP contribution in [0.1, 0.15) is 34.8 Å². The number of ether oxygens (including phenoxy) is 1. The van der Waals surface area contributed by atoms with E-state index in [1.165, 1.54) is 13.2 Å². The number of nitrogens with one attached hydrogen (secondary N) is 1. The molecule has 0 aliphatic carbocycles. The van der Waals surface area contributed by atoms with E-state index in [1.807, 2.05) is 19.9 Å². The van der Waals surface area contributed by atoms with Crippen LogP contribution in [0.5, 0.6) is 0 Å². The van der Waals surface area contributed by atoms with Crippen LogP contribution in [0.15, 0.2) is 42.5 Å². The first-order valence-corrected chi connectivity index (χ1v) is 11.0. The smallest absolute Gasteiger partial charge is 0.337 e. The van der Waals surface area contributed by atoms with E-state index in [1.54, 1.807) is 37.3 Å². The number of aryl methyl sites for hydroxylation is 2. The summed E-state index contributed by atoms with van der Waals surface area (Å²) in [5.74, 6) is -1.01. The van der Waals surface area contributed by atoms with Gasteiger partial charge in [0.25, 0.3) is 0 Å². The Kier molecular flexibility index (Phi) is 7.02. The predicted molar refractivity (Wildman–Crippen MR) is 114 cm³/mol. The summed E-state index contributed by atoms with van der Waals surface area (Å²) >= 11 is 0. The van der Waals surface area contributed by atoms with Crippen molar-refractivity contribution in [3.8, 4) is 0 Å². The van der Waals surface area contributed by atoms with E-state index >= 15 is 0 Å². The Morgan fingerprint density at radius 2 is 1.72 bits per heavy atom. The van der Waals surface area contributed by atoms with Crippen molar-refractivity contribution in [2.45, 2.75) is 33.2 Å². The molecule has 0 spiro atoms. The number of hydrogen-bond donors (Lipinski definition) is 1. The molecule has 0 saturated heterocycles. The van der Waals surface area contributed by atoms with Crippen LogP contribution >= 0.6 is 0 Å². The third-order valence-corrected chi connectivity index (χ3v) is 5.52. The molecule has 0 aromatic heterocycles. The second-order valence-corrected chi connectivity index (χ2v) is 8.75. The molecule has 7 nitrogen and oxygen atoms in total. The van der Waals surface area contributed by atoms with Crippen molar-refractivity contribution in [3.63, 3.8) is 0 Å². The molecular formula is C21H26N2O5S. The summed E-state index contributed by atoms with van der Waals surface area (Å²) in [6.45, 7) is 5.49. The van der Waals surface area contributed by atoms with Crippen LogP contribution in [0.3, 0.4) is 0 Å². The first kappa shape index (κ1) is 22.4. The van der Waals surface area contributed by atoms with Gasteiger partial charge in [0.2, 0.25) is 15.9 Å². The molecule has 1 amide bonds. The number of benzene rings is 2. The number of methoxy groups -OCH3 is 1. The molecule has 0 aliphatic rings. The molecule has 0 saturated carbocycles. The lowest BCUT2D eigenvalue weighted by Crippen LogP contribution is -2.47. The average molecular weight is 419 g/mol. The highest BCUT2D eigenvalue weighted by molar-refractivity contribution is 7.92. The Labute approximate surface area is 171 Å². The summed E-state index contributed by atoms with van der Waals surface area (Å²) in [7, 11) is -2.45. The van der Waals surface area contributed by atoms with Crippen LogP contribution < -0.4 is 9.62 Å². The molecular weight excluding hydrogens is 392 g/mol. The Bertz CT molecular complexity index is 997. The zero-order valence-electron chi connectivity index (χ0n) is 17.2. The number of hydrogen-bond acceptors (Lipinski definition) is 5. The van der Waals surface area contributed by atoms with Gasteiger partial charge in [0.05, 0.1) is 24.6 Å². The maximum Gasteiger partial charge on any atom is 0.337 e. The number of carbonyl (C=O) groups is 2. The first-order chi connectivity index (χ1) is 13.6. The predicted octanol–water partition coefficient (Wildman–Crippen LogP) is 3.27. The number of anilines is 2. The number of nitrogens with zero attached hydrogens (tertiary/aromatic N) is 1. The SMILES string of the molecule is CC[C@@H](C(=O)Nc1cccc(C(=O)OC)c1)N(c1cc(C)cc(C)c1)S(C)(=O)=O. The minimum atomic E-state index is -3.73. The molecule has 0 unspecified atom stereocenters. The van der Waals surface area contributed by atoms with Crippen molar-refractivity contribution in [3.05, 3.63) is 59.2 Å². The number of carbonyl (C=O) groups excluding carboxylic acids is 2. The summed E-state index contributed by atoms with van der Waals surface area (Å²) in [4.78, 5) is 24.7. The quantitative estimate of drug-likeness (QED) is 0.697. The van der Waals surface area contributed by atoms with E-state index in [9.17, 15) is 18.0 Å². The molecule has 0 aliphatic heterocycles. The summed E-state index contributed by atoms with van der Waals surface area (Å²) in [6.07, 6.45) is 1.35. The maximum absolute atomic E-state index is 13.0. The monoisotopic (exact) mass is 418 g/mol. The van der Waals surface area contributed by atoms with Gasteiger partial charge >= 0.3 is 5.97 Å². The molecule has 156 valence electrons. The minimum Gasteiger partial charge on any atom is -0.465 e.